The third-order valence-corrected chi connectivity index (χ3v) is 3.97. The molecule has 20 heavy (non-hydrogen) atoms. The highest BCUT2D eigenvalue weighted by atomic mass is 14.9. The lowest BCUT2D eigenvalue weighted by Gasteiger charge is -2.12. The fourth-order valence-electron chi connectivity index (χ4n) is 2.72. The topological polar surface area (TPSA) is 24.1 Å². The zero-order valence-electron chi connectivity index (χ0n) is 12.8. The maximum atomic E-state index is 3.59. The molecule has 0 aromatic heterocycles. The normalized spacial score (nSPS) is 22.8. The van der Waals surface area contributed by atoms with E-state index in [1.165, 1.54) is 24.0 Å². The van der Waals surface area contributed by atoms with Gasteiger partial charge in [-0.2, -0.15) is 0 Å². The minimum absolute atomic E-state index is 1.02. The number of hydrogen-bond acceptors (Lipinski definition) is 2. The molecule has 2 heteroatoms. The fourth-order valence-corrected chi connectivity index (χ4v) is 2.72. The molecule has 0 unspecified atom stereocenters. The van der Waals surface area contributed by atoms with Gasteiger partial charge in [0.2, 0.25) is 0 Å². The smallest absolute Gasteiger partial charge is 0.0170 e. The Hall–Kier alpha value is -1.12. The van der Waals surface area contributed by atoms with Crippen LogP contribution in [-0.2, 0) is 0 Å². The van der Waals surface area contributed by atoms with Gasteiger partial charge in [0.15, 0.2) is 0 Å². The number of allylic oxidation sites excluding steroid dienone is 6. The van der Waals surface area contributed by atoms with Crippen molar-refractivity contribution >= 4 is 0 Å². The average Bonchev–Trinajstić information content (AvgIpc) is 2.47. The van der Waals surface area contributed by atoms with Crippen molar-refractivity contribution < 1.29 is 0 Å². The van der Waals surface area contributed by atoms with Crippen LogP contribution in [-0.4, -0.2) is 26.2 Å². The van der Waals surface area contributed by atoms with Gasteiger partial charge in [-0.1, -0.05) is 47.1 Å². The quantitative estimate of drug-likeness (QED) is 0.660. The minimum atomic E-state index is 1.02. The second-order valence-electron chi connectivity index (χ2n) is 5.72. The van der Waals surface area contributed by atoms with Crippen molar-refractivity contribution in [2.45, 2.75) is 39.0 Å². The van der Waals surface area contributed by atoms with E-state index >= 15 is 0 Å². The molecule has 0 radical (unpaired) electrons. The van der Waals surface area contributed by atoms with E-state index in [2.05, 4.69) is 47.9 Å². The Labute approximate surface area is 123 Å². The molecule has 2 bridgehead atoms. The van der Waals surface area contributed by atoms with Crippen molar-refractivity contribution in [3.63, 3.8) is 0 Å². The molecule has 0 fully saturated rings. The van der Waals surface area contributed by atoms with E-state index in [0.717, 1.165) is 45.4 Å². The highest BCUT2D eigenvalue weighted by Gasteiger charge is 2.05. The Balaban J connectivity index is 2.21. The third kappa shape index (κ3) is 5.48. The maximum absolute atomic E-state index is 3.59. The third-order valence-electron chi connectivity index (χ3n) is 3.97. The summed E-state index contributed by atoms with van der Waals surface area (Å²) in [5, 5.41) is 7.15. The lowest BCUT2D eigenvalue weighted by Crippen LogP contribution is -2.24. The molecular formula is C18H28N2. The largest absolute Gasteiger partial charge is 0.313 e. The van der Waals surface area contributed by atoms with E-state index in [0.29, 0.717) is 0 Å². The molecule has 110 valence electrons. The predicted molar refractivity (Wildman–Crippen MR) is 87.9 cm³/mol. The predicted octanol–water partition coefficient (Wildman–Crippen LogP) is 3.50. The molecule has 0 aromatic rings. The van der Waals surface area contributed by atoms with E-state index in [1.54, 1.807) is 5.57 Å². The van der Waals surface area contributed by atoms with Gasteiger partial charge in [-0.3, -0.25) is 0 Å². The Morgan fingerprint density at radius 2 is 1.75 bits per heavy atom. The standard InChI is InChI=1S/C18H28N2/c1-16-13-17-9-6-4-2-3-5-7-10-18(16)15-20-12-8-11-19-14-17/h3-6,13,19-20H,2,7-12,14-15H2,1H3. The van der Waals surface area contributed by atoms with Crippen molar-refractivity contribution in [2.75, 3.05) is 26.2 Å². The number of rotatable bonds is 0. The molecule has 1 aliphatic heterocycles. The number of hydrogen-bond donors (Lipinski definition) is 2. The molecule has 0 saturated carbocycles. The highest BCUT2D eigenvalue weighted by molar-refractivity contribution is 5.30. The first-order valence-electron chi connectivity index (χ1n) is 7.96. The summed E-state index contributed by atoms with van der Waals surface area (Å²) in [5.74, 6) is 0. The summed E-state index contributed by atoms with van der Waals surface area (Å²) < 4.78 is 0. The van der Waals surface area contributed by atoms with E-state index in [9.17, 15) is 0 Å². The number of nitrogens with one attached hydrogen (secondary N) is 2. The van der Waals surface area contributed by atoms with E-state index in [-0.39, 0.29) is 0 Å². The Bertz CT molecular complexity index is 413. The van der Waals surface area contributed by atoms with Gasteiger partial charge < -0.3 is 10.6 Å². The van der Waals surface area contributed by atoms with Crippen molar-refractivity contribution in [3.8, 4) is 0 Å². The maximum Gasteiger partial charge on any atom is 0.0170 e. The first-order valence-corrected chi connectivity index (χ1v) is 7.96. The van der Waals surface area contributed by atoms with Gasteiger partial charge >= 0.3 is 0 Å². The van der Waals surface area contributed by atoms with Gasteiger partial charge in [-0.05, 0) is 52.1 Å². The molecule has 0 aromatic carbocycles. The number of fused-ring (bicyclic) bond motifs is 1. The van der Waals surface area contributed by atoms with Crippen LogP contribution in [0.4, 0.5) is 0 Å². The summed E-state index contributed by atoms with van der Waals surface area (Å²) in [5.41, 5.74) is 4.53. The van der Waals surface area contributed by atoms with Gasteiger partial charge in [0, 0.05) is 13.1 Å². The molecule has 2 N–H and O–H groups in total. The van der Waals surface area contributed by atoms with Gasteiger partial charge in [0.25, 0.3) is 0 Å². The molecule has 0 saturated heterocycles. The van der Waals surface area contributed by atoms with Crippen LogP contribution in [0.25, 0.3) is 0 Å². The van der Waals surface area contributed by atoms with Crippen LogP contribution in [0, 0.1) is 0 Å². The Morgan fingerprint density at radius 1 is 0.950 bits per heavy atom. The summed E-state index contributed by atoms with van der Waals surface area (Å²) in [7, 11) is 0. The van der Waals surface area contributed by atoms with Crippen molar-refractivity contribution in [2.24, 2.45) is 0 Å². The SMILES string of the molecule is CC1=C2CCC=CCC=CCC(=C1)CNCCCNC2. The van der Waals surface area contributed by atoms with Gasteiger partial charge in [-0.15, -0.1) is 0 Å². The second-order valence-corrected chi connectivity index (χ2v) is 5.72. The molecule has 2 rings (SSSR count). The Kier molecular flexibility index (Phi) is 6.82. The minimum Gasteiger partial charge on any atom is -0.313 e. The molecular weight excluding hydrogens is 244 g/mol. The van der Waals surface area contributed by atoms with Gasteiger partial charge in [0.05, 0.1) is 0 Å². The zero-order valence-corrected chi connectivity index (χ0v) is 12.8. The van der Waals surface area contributed by atoms with Crippen molar-refractivity contribution in [1.29, 1.82) is 0 Å². The first-order chi connectivity index (χ1) is 9.86. The summed E-state index contributed by atoms with van der Waals surface area (Å²) in [6, 6.07) is 0. The fraction of sp³-hybridized carbons (Fsp3) is 0.556. The van der Waals surface area contributed by atoms with Crippen LogP contribution >= 0.6 is 0 Å². The molecule has 2 aliphatic rings. The molecule has 2 nitrogen and oxygen atoms in total. The Morgan fingerprint density at radius 3 is 2.65 bits per heavy atom. The van der Waals surface area contributed by atoms with Crippen LogP contribution in [0.5, 0.6) is 0 Å². The van der Waals surface area contributed by atoms with Crippen molar-refractivity contribution in [3.05, 3.63) is 47.1 Å². The molecule has 0 amide bonds. The second kappa shape index (κ2) is 8.93. The van der Waals surface area contributed by atoms with Crippen LogP contribution in [0.3, 0.4) is 0 Å². The van der Waals surface area contributed by atoms with Crippen LogP contribution in [0.1, 0.15) is 39.0 Å². The summed E-state index contributed by atoms with van der Waals surface area (Å²) in [4.78, 5) is 0. The lowest BCUT2D eigenvalue weighted by molar-refractivity contribution is 0.623. The zero-order chi connectivity index (χ0) is 14.0. The van der Waals surface area contributed by atoms with E-state index in [4.69, 9.17) is 0 Å². The first kappa shape index (κ1) is 15.3. The molecule has 0 spiro atoms. The molecule has 1 aliphatic carbocycles. The monoisotopic (exact) mass is 272 g/mol. The average molecular weight is 272 g/mol. The summed E-state index contributed by atoms with van der Waals surface area (Å²) >= 11 is 0. The summed E-state index contributed by atoms with van der Waals surface area (Å²) in [6.45, 7) is 6.54. The van der Waals surface area contributed by atoms with Crippen LogP contribution in [0.2, 0.25) is 0 Å². The van der Waals surface area contributed by atoms with Gasteiger partial charge in [-0.25, -0.2) is 0 Å². The van der Waals surface area contributed by atoms with E-state index in [1.807, 2.05) is 0 Å². The lowest BCUT2D eigenvalue weighted by atomic mass is 10.00. The molecule has 0 atom stereocenters. The summed E-state index contributed by atoms with van der Waals surface area (Å²) in [6.07, 6.45) is 17.3. The van der Waals surface area contributed by atoms with Crippen LogP contribution in [0.15, 0.2) is 47.1 Å². The molecule has 1 heterocycles. The van der Waals surface area contributed by atoms with Gasteiger partial charge in [0.1, 0.15) is 0 Å². The highest BCUT2D eigenvalue weighted by Crippen LogP contribution is 2.17. The van der Waals surface area contributed by atoms with E-state index < -0.39 is 0 Å². The van der Waals surface area contributed by atoms with Crippen molar-refractivity contribution in [1.82, 2.24) is 10.6 Å². The van der Waals surface area contributed by atoms with Crippen LogP contribution < -0.4 is 10.6 Å².